The summed E-state index contributed by atoms with van der Waals surface area (Å²) < 4.78 is 27.7. The van der Waals surface area contributed by atoms with Gasteiger partial charge in [-0.15, -0.1) is 0 Å². The minimum absolute atomic E-state index is 0.264. The molecule has 2 aromatic carbocycles. The summed E-state index contributed by atoms with van der Waals surface area (Å²) in [7, 11) is -3.66. The number of aryl methyl sites for hydroxylation is 2. The molecular formula is C21H23N3O2S. The van der Waals surface area contributed by atoms with Gasteiger partial charge in [0.05, 0.1) is 16.8 Å². The van der Waals surface area contributed by atoms with E-state index in [1.165, 1.54) is 5.56 Å². The molecule has 0 saturated heterocycles. The minimum Gasteiger partial charge on any atom is -0.383 e. The van der Waals surface area contributed by atoms with E-state index in [-0.39, 0.29) is 4.90 Å². The molecule has 0 radical (unpaired) electrons. The van der Waals surface area contributed by atoms with E-state index in [1.54, 1.807) is 31.3 Å². The minimum atomic E-state index is -3.66. The molecule has 0 atom stereocenters. The van der Waals surface area contributed by atoms with Gasteiger partial charge in [0, 0.05) is 6.54 Å². The molecule has 27 heavy (non-hydrogen) atoms. The Morgan fingerprint density at radius 2 is 1.74 bits per heavy atom. The quantitative estimate of drug-likeness (QED) is 0.645. The standard InChI is InChI=1S/C21H23N3O2S/c1-16-8-10-20(17(2)14-16)27(25,26)24-21-11-9-19(15-23-21)22-13-12-18-6-4-3-5-7-18/h3-11,14-15,22H,12-13H2,1-2H3,(H,23,24). The maximum absolute atomic E-state index is 12.6. The monoisotopic (exact) mass is 381 g/mol. The van der Waals surface area contributed by atoms with Gasteiger partial charge in [-0.2, -0.15) is 0 Å². The molecular weight excluding hydrogens is 358 g/mol. The number of anilines is 2. The van der Waals surface area contributed by atoms with Crippen LogP contribution in [0.3, 0.4) is 0 Å². The Balaban J connectivity index is 1.61. The molecule has 0 aliphatic rings. The Morgan fingerprint density at radius 1 is 0.963 bits per heavy atom. The van der Waals surface area contributed by atoms with Gasteiger partial charge in [0.1, 0.15) is 5.82 Å². The van der Waals surface area contributed by atoms with Crippen molar-refractivity contribution in [3.8, 4) is 0 Å². The molecule has 6 heteroatoms. The molecule has 0 aliphatic carbocycles. The van der Waals surface area contributed by atoms with Gasteiger partial charge in [-0.05, 0) is 49.6 Å². The van der Waals surface area contributed by atoms with Crippen molar-refractivity contribution in [1.29, 1.82) is 0 Å². The summed E-state index contributed by atoms with van der Waals surface area (Å²) in [5.41, 5.74) is 3.84. The number of aromatic nitrogens is 1. The van der Waals surface area contributed by atoms with E-state index < -0.39 is 10.0 Å². The second kappa shape index (κ2) is 8.22. The summed E-state index contributed by atoms with van der Waals surface area (Å²) in [5.74, 6) is 0.295. The van der Waals surface area contributed by atoms with E-state index in [2.05, 4.69) is 27.2 Å². The molecule has 0 amide bonds. The molecule has 140 valence electrons. The lowest BCUT2D eigenvalue weighted by Gasteiger charge is -2.11. The molecule has 3 aromatic rings. The number of pyridine rings is 1. The zero-order chi connectivity index (χ0) is 19.3. The van der Waals surface area contributed by atoms with Crippen LogP contribution in [-0.4, -0.2) is 19.9 Å². The molecule has 0 spiro atoms. The van der Waals surface area contributed by atoms with Crippen molar-refractivity contribution in [3.63, 3.8) is 0 Å². The zero-order valence-corrected chi connectivity index (χ0v) is 16.3. The summed E-state index contributed by atoms with van der Waals surface area (Å²) in [4.78, 5) is 4.47. The van der Waals surface area contributed by atoms with Crippen LogP contribution in [0.25, 0.3) is 0 Å². The number of nitrogens with one attached hydrogen (secondary N) is 2. The Morgan fingerprint density at radius 3 is 2.41 bits per heavy atom. The van der Waals surface area contributed by atoms with E-state index in [4.69, 9.17) is 0 Å². The Labute approximate surface area is 160 Å². The van der Waals surface area contributed by atoms with Crippen molar-refractivity contribution in [2.75, 3.05) is 16.6 Å². The van der Waals surface area contributed by atoms with Crippen LogP contribution in [0.2, 0.25) is 0 Å². The van der Waals surface area contributed by atoms with Crippen LogP contribution < -0.4 is 10.0 Å². The van der Waals surface area contributed by atoms with Crippen molar-refractivity contribution in [3.05, 3.63) is 83.6 Å². The highest BCUT2D eigenvalue weighted by molar-refractivity contribution is 7.92. The van der Waals surface area contributed by atoms with Crippen LogP contribution in [-0.2, 0) is 16.4 Å². The lowest BCUT2D eigenvalue weighted by Crippen LogP contribution is -2.15. The third-order valence-electron chi connectivity index (χ3n) is 4.21. The van der Waals surface area contributed by atoms with Gasteiger partial charge in [0.2, 0.25) is 0 Å². The van der Waals surface area contributed by atoms with Gasteiger partial charge in [0.15, 0.2) is 0 Å². The topological polar surface area (TPSA) is 71.1 Å². The zero-order valence-electron chi connectivity index (χ0n) is 15.4. The smallest absolute Gasteiger partial charge is 0.263 e. The van der Waals surface area contributed by atoms with Crippen LogP contribution in [0, 0.1) is 13.8 Å². The summed E-state index contributed by atoms with van der Waals surface area (Å²) >= 11 is 0. The van der Waals surface area contributed by atoms with Gasteiger partial charge in [-0.3, -0.25) is 4.72 Å². The van der Waals surface area contributed by atoms with E-state index in [1.807, 2.05) is 37.3 Å². The molecule has 1 heterocycles. The van der Waals surface area contributed by atoms with Crippen molar-refractivity contribution >= 4 is 21.5 Å². The predicted molar refractivity (Wildman–Crippen MR) is 110 cm³/mol. The van der Waals surface area contributed by atoms with Crippen molar-refractivity contribution in [2.45, 2.75) is 25.2 Å². The first kappa shape index (κ1) is 18.9. The first-order chi connectivity index (χ1) is 12.9. The highest BCUT2D eigenvalue weighted by Crippen LogP contribution is 2.20. The number of benzene rings is 2. The van der Waals surface area contributed by atoms with Crippen LogP contribution in [0.1, 0.15) is 16.7 Å². The summed E-state index contributed by atoms with van der Waals surface area (Å²) in [6.45, 7) is 4.50. The lowest BCUT2D eigenvalue weighted by atomic mass is 10.1. The average molecular weight is 382 g/mol. The van der Waals surface area contributed by atoms with Crippen LogP contribution in [0.5, 0.6) is 0 Å². The van der Waals surface area contributed by atoms with Crippen molar-refractivity contribution in [1.82, 2.24) is 4.98 Å². The number of hydrogen-bond acceptors (Lipinski definition) is 4. The van der Waals surface area contributed by atoms with Gasteiger partial charge in [-0.25, -0.2) is 13.4 Å². The highest BCUT2D eigenvalue weighted by Gasteiger charge is 2.17. The average Bonchev–Trinajstić information content (AvgIpc) is 2.63. The number of hydrogen-bond donors (Lipinski definition) is 2. The lowest BCUT2D eigenvalue weighted by molar-refractivity contribution is 0.600. The molecule has 0 aliphatic heterocycles. The molecule has 3 rings (SSSR count). The van der Waals surface area contributed by atoms with Gasteiger partial charge >= 0.3 is 0 Å². The van der Waals surface area contributed by atoms with Crippen molar-refractivity contribution in [2.24, 2.45) is 0 Å². The fraction of sp³-hybridized carbons (Fsp3) is 0.190. The number of nitrogens with zero attached hydrogens (tertiary/aromatic N) is 1. The van der Waals surface area contributed by atoms with E-state index >= 15 is 0 Å². The Kier molecular flexibility index (Phi) is 5.76. The third-order valence-corrected chi connectivity index (χ3v) is 5.72. The SMILES string of the molecule is Cc1ccc(S(=O)(=O)Nc2ccc(NCCc3ccccc3)cn2)c(C)c1. The van der Waals surface area contributed by atoms with E-state index in [0.717, 1.165) is 24.2 Å². The molecule has 1 aromatic heterocycles. The normalized spacial score (nSPS) is 11.2. The number of rotatable bonds is 7. The van der Waals surface area contributed by atoms with Crippen LogP contribution >= 0.6 is 0 Å². The second-order valence-corrected chi connectivity index (χ2v) is 8.12. The third kappa shape index (κ3) is 5.08. The molecule has 0 bridgehead atoms. The predicted octanol–water partition coefficient (Wildman–Crippen LogP) is 4.15. The highest BCUT2D eigenvalue weighted by atomic mass is 32.2. The molecule has 5 nitrogen and oxygen atoms in total. The van der Waals surface area contributed by atoms with Crippen LogP contribution in [0.4, 0.5) is 11.5 Å². The Bertz CT molecular complexity index is 1000. The first-order valence-electron chi connectivity index (χ1n) is 8.78. The fourth-order valence-electron chi connectivity index (χ4n) is 2.85. The second-order valence-electron chi connectivity index (χ2n) is 6.47. The van der Waals surface area contributed by atoms with E-state index in [0.29, 0.717) is 11.4 Å². The molecule has 2 N–H and O–H groups in total. The molecule has 0 fully saturated rings. The molecule has 0 saturated carbocycles. The summed E-state index contributed by atoms with van der Waals surface area (Å²) in [6.07, 6.45) is 2.53. The van der Waals surface area contributed by atoms with Crippen LogP contribution in [0.15, 0.2) is 71.8 Å². The largest absolute Gasteiger partial charge is 0.383 e. The first-order valence-corrected chi connectivity index (χ1v) is 10.3. The summed E-state index contributed by atoms with van der Waals surface area (Å²) in [5, 5.41) is 3.29. The van der Waals surface area contributed by atoms with Gasteiger partial charge in [0.25, 0.3) is 10.0 Å². The maximum atomic E-state index is 12.6. The van der Waals surface area contributed by atoms with Crippen molar-refractivity contribution < 1.29 is 8.42 Å². The maximum Gasteiger partial charge on any atom is 0.263 e. The molecule has 0 unspecified atom stereocenters. The fourth-order valence-corrected chi connectivity index (χ4v) is 4.08. The van der Waals surface area contributed by atoms with E-state index in [9.17, 15) is 8.42 Å². The number of sulfonamides is 1. The Hall–Kier alpha value is -2.86. The van der Waals surface area contributed by atoms with Gasteiger partial charge in [-0.1, -0.05) is 48.0 Å². The van der Waals surface area contributed by atoms with Gasteiger partial charge < -0.3 is 5.32 Å². The summed E-state index contributed by atoms with van der Waals surface area (Å²) in [6, 6.07) is 18.9.